The molecule has 0 aliphatic rings. The third-order valence-electron chi connectivity index (χ3n) is 4.12. The molecule has 2 aromatic heterocycles. The number of benzene rings is 1. The summed E-state index contributed by atoms with van der Waals surface area (Å²) in [5.74, 6) is -0.620. The van der Waals surface area contributed by atoms with Gasteiger partial charge in [0.15, 0.2) is 0 Å². The van der Waals surface area contributed by atoms with Crippen LogP contribution in [0.3, 0.4) is 0 Å². The van der Waals surface area contributed by atoms with Gasteiger partial charge in [0.2, 0.25) is 0 Å². The number of nitrogens with zero attached hydrogens (tertiary/aromatic N) is 2. The fourth-order valence-electron chi connectivity index (χ4n) is 2.80. The van der Waals surface area contributed by atoms with Crippen molar-refractivity contribution in [2.24, 2.45) is 0 Å². The van der Waals surface area contributed by atoms with E-state index in [9.17, 15) is 9.59 Å². The van der Waals surface area contributed by atoms with E-state index in [2.05, 4.69) is 4.98 Å². The third kappa shape index (κ3) is 3.76. The van der Waals surface area contributed by atoms with Gasteiger partial charge in [0, 0.05) is 12.3 Å². The van der Waals surface area contributed by atoms with Crippen LogP contribution in [0.15, 0.2) is 59.5 Å². The van der Waals surface area contributed by atoms with Crippen molar-refractivity contribution in [1.29, 1.82) is 0 Å². The van der Waals surface area contributed by atoms with Crippen LogP contribution >= 0.6 is 0 Å². The summed E-state index contributed by atoms with van der Waals surface area (Å²) >= 11 is 0. The molecule has 0 aliphatic carbocycles. The number of rotatable bonds is 5. The molecule has 128 valence electrons. The van der Waals surface area contributed by atoms with Crippen molar-refractivity contribution in [3.63, 3.8) is 0 Å². The minimum absolute atomic E-state index is 0.0121. The summed E-state index contributed by atoms with van der Waals surface area (Å²) < 4.78 is 6.90. The Labute approximate surface area is 145 Å². The van der Waals surface area contributed by atoms with Gasteiger partial charge in [-0.15, -0.1) is 0 Å². The Morgan fingerprint density at radius 3 is 2.68 bits per heavy atom. The van der Waals surface area contributed by atoms with Gasteiger partial charge in [-0.1, -0.05) is 43.3 Å². The Morgan fingerprint density at radius 2 is 1.96 bits per heavy atom. The lowest BCUT2D eigenvalue weighted by atomic mass is 9.97. The summed E-state index contributed by atoms with van der Waals surface area (Å²) in [7, 11) is 0. The van der Waals surface area contributed by atoms with Crippen molar-refractivity contribution in [3.05, 3.63) is 81.9 Å². The maximum atomic E-state index is 12.4. The number of carbonyl (C=O) groups is 1. The smallest absolute Gasteiger partial charge is 0.313 e. The molecule has 0 saturated carbocycles. The van der Waals surface area contributed by atoms with Gasteiger partial charge in [-0.2, -0.15) is 0 Å². The van der Waals surface area contributed by atoms with E-state index in [4.69, 9.17) is 4.74 Å². The molecule has 0 N–H and O–H groups in total. The Kier molecular flexibility index (Phi) is 4.93. The highest BCUT2D eigenvalue weighted by Crippen LogP contribution is 2.21. The first-order chi connectivity index (χ1) is 12.1. The van der Waals surface area contributed by atoms with Gasteiger partial charge < -0.3 is 4.74 Å². The van der Waals surface area contributed by atoms with Crippen molar-refractivity contribution >= 4 is 11.6 Å². The number of hydrogen-bond donors (Lipinski definition) is 0. The van der Waals surface area contributed by atoms with E-state index in [1.165, 1.54) is 10.5 Å². The number of fused-ring (bicyclic) bond motifs is 1. The molecule has 3 aromatic rings. The summed E-state index contributed by atoms with van der Waals surface area (Å²) in [6.45, 7) is 3.85. The fourth-order valence-corrected chi connectivity index (χ4v) is 2.80. The predicted molar refractivity (Wildman–Crippen MR) is 95.5 cm³/mol. The zero-order chi connectivity index (χ0) is 17.8. The van der Waals surface area contributed by atoms with Crippen LogP contribution < -0.4 is 5.56 Å². The number of aryl methyl sites for hydroxylation is 1. The van der Waals surface area contributed by atoms with Gasteiger partial charge in [0.05, 0.1) is 11.6 Å². The highest BCUT2D eigenvalue weighted by molar-refractivity contribution is 5.78. The summed E-state index contributed by atoms with van der Waals surface area (Å²) in [4.78, 5) is 29.0. The molecule has 1 atom stereocenters. The highest BCUT2D eigenvalue weighted by Gasteiger charge is 2.20. The SMILES string of the molecule is CCC(C(=O)OCc1cc(=O)n2cc(C)ccc2n1)c1ccccc1. The topological polar surface area (TPSA) is 60.7 Å². The first-order valence-corrected chi connectivity index (χ1v) is 8.29. The summed E-state index contributed by atoms with van der Waals surface area (Å²) in [6, 6.07) is 14.6. The minimum atomic E-state index is -0.314. The summed E-state index contributed by atoms with van der Waals surface area (Å²) in [6.07, 6.45) is 2.39. The molecule has 0 spiro atoms. The average Bonchev–Trinajstić information content (AvgIpc) is 2.62. The maximum absolute atomic E-state index is 12.4. The standard InChI is InChI=1S/C20H20N2O3/c1-3-17(15-7-5-4-6-8-15)20(24)25-13-16-11-19(23)22-12-14(2)9-10-18(22)21-16/h4-12,17H,3,13H2,1-2H3. The number of pyridine rings is 1. The number of hydrogen-bond acceptors (Lipinski definition) is 4. The van der Waals surface area contributed by atoms with Crippen LogP contribution in [0.25, 0.3) is 5.65 Å². The van der Waals surface area contributed by atoms with Crippen LogP contribution in [0.1, 0.15) is 36.1 Å². The molecule has 0 fully saturated rings. The van der Waals surface area contributed by atoms with Crippen LogP contribution in [-0.2, 0) is 16.1 Å². The second-order valence-corrected chi connectivity index (χ2v) is 6.00. The molecule has 25 heavy (non-hydrogen) atoms. The van der Waals surface area contributed by atoms with Crippen LogP contribution in [0, 0.1) is 6.92 Å². The van der Waals surface area contributed by atoms with Crippen LogP contribution in [0.2, 0.25) is 0 Å². The number of esters is 1. The lowest BCUT2D eigenvalue weighted by molar-refractivity contribution is -0.147. The van der Waals surface area contributed by atoms with E-state index in [0.29, 0.717) is 17.8 Å². The first-order valence-electron chi connectivity index (χ1n) is 8.29. The normalized spacial score (nSPS) is 12.1. The molecule has 5 nitrogen and oxygen atoms in total. The molecule has 0 bridgehead atoms. The Hall–Kier alpha value is -2.95. The lowest BCUT2D eigenvalue weighted by Gasteiger charge is -2.14. The van der Waals surface area contributed by atoms with Crippen molar-refractivity contribution in [2.45, 2.75) is 32.8 Å². The average molecular weight is 336 g/mol. The van der Waals surface area contributed by atoms with E-state index >= 15 is 0 Å². The Morgan fingerprint density at radius 1 is 1.20 bits per heavy atom. The molecule has 2 heterocycles. The summed E-state index contributed by atoms with van der Waals surface area (Å²) in [5, 5.41) is 0. The molecule has 1 aromatic carbocycles. The van der Waals surface area contributed by atoms with Gasteiger partial charge in [0.25, 0.3) is 5.56 Å². The molecule has 0 saturated heterocycles. The number of ether oxygens (including phenoxy) is 1. The minimum Gasteiger partial charge on any atom is -0.459 e. The molecule has 0 amide bonds. The molecule has 0 aliphatic heterocycles. The molecule has 1 unspecified atom stereocenters. The zero-order valence-corrected chi connectivity index (χ0v) is 14.3. The second-order valence-electron chi connectivity index (χ2n) is 6.00. The molecule has 0 radical (unpaired) electrons. The molecular weight excluding hydrogens is 316 g/mol. The maximum Gasteiger partial charge on any atom is 0.313 e. The van der Waals surface area contributed by atoms with E-state index in [1.807, 2.05) is 50.2 Å². The van der Waals surface area contributed by atoms with Crippen molar-refractivity contribution in [1.82, 2.24) is 9.38 Å². The highest BCUT2D eigenvalue weighted by atomic mass is 16.5. The molecule has 3 rings (SSSR count). The lowest BCUT2D eigenvalue weighted by Crippen LogP contribution is -2.19. The fraction of sp³-hybridized carbons (Fsp3) is 0.250. The number of carbonyl (C=O) groups excluding carboxylic acids is 1. The van der Waals surface area contributed by atoms with E-state index in [-0.39, 0.29) is 24.1 Å². The van der Waals surface area contributed by atoms with Crippen molar-refractivity contribution in [2.75, 3.05) is 0 Å². The Bertz CT molecular complexity index is 948. The van der Waals surface area contributed by atoms with Gasteiger partial charge in [-0.05, 0) is 30.5 Å². The molecule has 5 heteroatoms. The van der Waals surface area contributed by atoms with Crippen molar-refractivity contribution < 1.29 is 9.53 Å². The van der Waals surface area contributed by atoms with Gasteiger partial charge in [-0.3, -0.25) is 14.0 Å². The van der Waals surface area contributed by atoms with E-state index in [0.717, 1.165) is 11.1 Å². The van der Waals surface area contributed by atoms with E-state index < -0.39 is 0 Å². The third-order valence-corrected chi connectivity index (χ3v) is 4.12. The van der Waals surface area contributed by atoms with Crippen LogP contribution in [-0.4, -0.2) is 15.4 Å². The number of aromatic nitrogens is 2. The quantitative estimate of drug-likeness (QED) is 0.671. The predicted octanol–water partition coefficient (Wildman–Crippen LogP) is 3.24. The zero-order valence-electron chi connectivity index (χ0n) is 14.3. The van der Waals surface area contributed by atoms with Crippen LogP contribution in [0.5, 0.6) is 0 Å². The Balaban J connectivity index is 1.77. The second kappa shape index (κ2) is 7.30. The largest absolute Gasteiger partial charge is 0.459 e. The summed E-state index contributed by atoms with van der Waals surface area (Å²) in [5.41, 5.74) is 2.71. The van der Waals surface area contributed by atoms with Gasteiger partial charge in [0.1, 0.15) is 12.3 Å². The molecular formula is C20H20N2O3. The van der Waals surface area contributed by atoms with Gasteiger partial charge >= 0.3 is 5.97 Å². The van der Waals surface area contributed by atoms with E-state index in [1.54, 1.807) is 12.3 Å². The first kappa shape index (κ1) is 16.9. The van der Waals surface area contributed by atoms with Gasteiger partial charge in [-0.25, -0.2) is 4.98 Å². The monoisotopic (exact) mass is 336 g/mol. The van der Waals surface area contributed by atoms with Crippen LogP contribution in [0.4, 0.5) is 0 Å². The van der Waals surface area contributed by atoms with Crippen molar-refractivity contribution in [3.8, 4) is 0 Å².